The lowest BCUT2D eigenvalue weighted by Crippen LogP contribution is -2.50. The van der Waals surface area contributed by atoms with Crippen molar-refractivity contribution in [2.45, 2.75) is 103 Å². The van der Waals surface area contributed by atoms with Gasteiger partial charge in [-0.3, -0.25) is 10.9 Å². The van der Waals surface area contributed by atoms with Crippen LogP contribution in [0.1, 0.15) is 91.9 Å². The monoisotopic (exact) mass is 434 g/mol. The summed E-state index contributed by atoms with van der Waals surface area (Å²) < 4.78 is 0. The number of hydrogen-bond donors (Lipinski definition) is 3. The third-order valence-electron chi connectivity index (χ3n) is 8.51. The zero-order valence-electron chi connectivity index (χ0n) is 21.7. The van der Waals surface area contributed by atoms with Crippen LogP contribution in [-0.4, -0.2) is 50.2 Å². The van der Waals surface area contributed by atoms with Crippen LogP contribution in [0.15, 0.2) is 12.2 Å². The molecule has 4 heteroatoms. The van der Waals surface area contributed by atoms with Crippen molar-refractivity contribution in [2.75, 3.05) is 33.7 Å². The van der Waals surface area contributed by atoms with Gasteiger partial charge >= 0.3 is 0 Å². The minimum atomic E-state index is 0.213. The van der Waals surface area contributed by atoms with Crippen molar-refractivity contribution in [1.29, 1.82) is 0 Å². The molecule has 31 heavy (non-hydrogen) atoms. The van der Waals surface area contributed by atoms with E-state index in [2.05, 4.69) is 68.0 Å². The van der Waals surface area contributed by atoms with Gasteiger partial charge in [0.2, 0.25) is 0 Å². The largest absolute Gasteiger partial charge is 0.313 e. The third kappa shape index (κ3) is 9.53. The number of allylic oxidation sites excluding steroid dienone is 1. The van der Waals surface area contributed by atoms with Crippen LogP contribution in [-0.2, 0) is 0 Å². The Balaban J connectivity index is 1.70. The molecule has 0 aromatic rings. The highest BCUT2D eigenvalue weighted by atomic mass is 15.4. The van der Waals surface area contributed by atoms with Crippen LogP contribution >= 0.6 is 0 Å². The zero-order valence-corrected chi connectivity index (χ0v) is 21.7. The topological polar surface area (TPSA) is 39.3 Å². The number of nitrogens with zero attached hydrogens (tertiary/aromatic N) is 1. The van der Waals surface area contributed by atoms with Gasteiger partial charge in [0, 0.05) is 24.7 Å². The van der Waals surface area contributed by atoms with Crippen LogP contribution in [0.3, 0.4) is 0 Å². The lowest BCUT2D eigenvalue weighted by molar-refractivity contribution is 0.242. The average molecular weight is 435 g/mol. The van der Waals surface area contributed by atoms with Gasteiger partial charge in [-0.05, 0) is 103 Å². The molecule has 1 unspecified atom stereocenters. The zero-order chi connectivity index (χ0) is 22.7. The predicted molar refractivity (Wildman–Crippen MR) is 136 cm³/mol. The van der Waals surface area contributed by atoms with Crippen LogP contribution in [0, 0.1) is 23.7 Å². The second-order valence-corrected chi connectivity index (χ2v) is 10.8. The summed E-state index contributed by atoms with van der Waals surface area (Å²) in [5.41, 5.74) is 7.10. The van der Waals surface area contributed by atoms with E-state index < -0.39 is 0 Å². The molecule has 0 amide bonds. The predicted octanol–water partition coefficient (Wildman–Crippen LogP) is 5.37. The van der Waals surface area contributed by atoms with Crippen LogP contribution in [0.25, 0.3) is 0 Å². The van der Waals surface area contributed by atoms with Gasteiger partial charge in [-0.2, -0.15) is 0 Å². The molecular weight excluding hydrogens is 380 g/mol. The van der Waals surface area contributed by atoms with E-state index in [1.165, 1.54) is 57.8 Å². The Labute approximate surface area is 194 Å². The van der Waals surface area contributed by atoms with Crippen molar-refractivity contribution in [1.82, 2.24) is 21.1 Å². The maximum absolute atomic E-state index is 3.78. The Morgan fingerprint density at radius 2 is 1.87 bits per heavy atom. The molecule has 0 aromatic carbocycles. The smallest absolute Gasteiger partial charge is 0.0355 e. The normalized spacial score (nSPS) is 29.4. The molecule has 0 aromatic heterocycles. The maximum atomic E-state index is 3.78. The molecule has 0 aliphatic heterocycles. The van der Waals surface area contributed by atoms with Gasteiger partial charge in [0.05, 0.1) is 0 Å². The molecule has 2 aliphatic rings. The Bertz CT molecular complexity index is 499. The molecule has 3 N–H and O–H groups in total. The lowest BCUT2D eigenvalue weighted by atomic mass is 9.78. The summed E-state index contributed by atoms with van der Waals surface area (Å²) in [6.07, 6.45) is 18.4. The molecule has 0 radical (unpaired) electrons. The molecule has 0 spiro atoms. The molecular formula is C27H54N4. The summed E-state index contributed by atoms with van der Waals surface area (Å²) in [5, 5.41) is 3.78. The minimum absolute atomic E-state index is 0.213. The second-order valence-electron chi connectivity index (χ2n) is 10.8. The van der Waals surface area contributed by atoms with E-state index in [0.29, 0.717) is 6.04 Å². The highest BCUT2D eigenvalue weighted by Gasteiger charge is 2.33. The van der Waals surface area contributed by atoms with E-state index in [-0.39, 0.29) is 5.54 Å². The van der Waals surface area contributed by atoms with Gasteiger partial charge in [0.15, 0.2) is 0 Å². The molecule has 4 nitrogen and oxygen atoms in total. The Morgan fingerprint density at radius 1 is 1.16 bits per heavy atom. The van der Waals surface area contributed by atoms with Crippen molar-refractivity contribution in [3.8, 4) is 0 Å². The number of rotatable bonds is 16. The Morgan fingerprint density at radius 3 is 2.45 bits per heavy atom. The fourth-order valence-electron chi connectivity index (χ4n) is 5.53. The van der Waals surface area contributed by atoms with E-state index >= 15 is 0 Å². The van der Waals surface area contributed by atoms with E-state index in [4.69, 9.17) is 0 Å². The standard InChI is InChI=1S/C27H54N4/c1-7-27(30-28-5,18-10-12-26-21-22(26)3)17-9-11-24-13-15-25(16-14-24)23(4)29-19-20-31(6)8-2/h9,11,22-26,28-30H,7-8,10,12-21H2,1-6H3/b11-9-/t22-,23-,24?,25?,26?,27+/m1/s1. The van der Waals surface area contributed by atoms with Crippen LogP contribution in [0.4, 0.5) is 0 Å². The first kappa shape index (κ1) is 26.8. The van der Waals surface area contributed by atoms with Gasteiger partial charge in [-0.15, -0.1) is 0 Å². The van der Waals surface area contributed by atoms with Gasteiger partial charge in [-0.1, -0.05) is 45.8 Å². The van der Waals surface area contributed by atoms with Crippen molar-refractivity contribution in [3.63, 3.8) is 0 Å². The van der Waals surface area contributed by atoms with Crippen LogP contribution in [0.5, 0.6) is 0 Å². The second kappa shape index (κ2) is 14.0. The van der Waals surface area contributed by atoms with Crippen LogP contribution < -0.4 is 16.2 Å². The Kier molecular flexibility index (Phi) is 12.1. The molecule has 2 aliphatic carbocycles. The van der Waals surface area contributed by atoms with Crippen LogP contribution in [0.2, 0.25) is 0 Å². The van der Waals surface area contributed by atoms with Gasteiger partial charge in [0.25, 0.3) is 0 Å². The summed E-state index contributed by atoms with van der Waals surface area (Å²) in [6, 6.07) is 0.650. The molecule has 0 heterocycles. The van der Waals surface area contributed by atoms with Crippen molar-refractivity contribution in [3.05, 3.63) is 12.2 Å². The summed E-state index contributed by atoms with van der Waals surface area (Å²) in [7, 11) is 4.23. The summed E-state index contributed by atoms with van der Waals surface area (Å²) in [6.45, 7) is 12.8. The maximum Gasteiger partial charge on any atom is 0.0355 e. The molecule has 4 atom stereocenters. The fourth-order valence-corrected chi connectivity index (χ4v) is 5.53. The van der Waals surface area contributed by atoms with Gasteiger partial charge in [0.1, 0.15) is 0 Å². The highest BCUT2D eigenvalue weighted by molar-refractivity contribution is 4.99. The summed E-state index contributed by atoms with van der Waals surface area (Å²) in [4.78, 5) is 2.38. The SMILES string of the molecule is CCN(C)CCN[C@H](C)C1CCC(/C=C\C[C@@](CC)(CCCC2C[C@H]2C)NNC)CC1. The number of hydrazine groups is 1. The molecule has 182 valence electrons. The first-order valence-electron chi connectivity index (χ1n) is 13.5. The third-order valence-corrected chi connectivity index (χ3v) is 8.51. The molecule has 0 saturated heterocycles. The van der Waals surface area contributed by atoms with Crippen molar-refractivity contribution in [2.24, 2.45) is 23.7 Å². The molecule has 2 fully saturated rings. The van der Waals surface area contributed by atoms with Gasteiger partial charge < -0.3 is 10.2 Å². The van der Waals surface area contributed by atoms with E-state index in [9.17, 15) is 0 Å². The number of nitrogens with one attached hydrogen (secondary N) is 3. The van der Waals surface area contributed by atoms with Crippen molar-refractivity contribution >= 4 is 0 Å². The lowest BCUT2D eigenvalue weighted by Gasteiger charge is -2.34. The number of likely N-dealkylation sites (N-methyl/N-ethyl adjacent to an activating group) is 1. The minimum Gasteiger partial charge on any atom is -0.313 e. The highest BCUT2D eigenvalue weighted by Crippen LogP contribution is 2.42. The molecule has 2 saturated carbocycles. The quantitative estimate of drug-likeness (QED) is 0.226. The van der Waals surface area contributed by atoms with E-state index in [1.807, 2.05) is 7.05 Å². The number of hydrogen-bond acceptors (Lipinski definition) is 4. The van der Waals surface area contributed by atoms with E-state index in [1.54, 1.807) is 0 Å². The van der Waals surface area contributed by atoms with Gasteiger partial charge in [-0.25, -0.2) is 0 Å². The summed E-state index contributed by atoms with van der Waals surface area (Å²) in [5.74, 6) is 3.63. The first-order valence-corrected chi connectivity index (χ1v) is 13.5. The molecule has 2 rings (SSSR count). The van der Waals surface area contributed by atoms with Crippen molar-refractivity contribution < 1.29 is 0 Å². The average Bonchev–Trinajstić information content (AvgIpc) is 3.48. The first-order chi connectivity index (χ1) is 14.9. The van der Waals surface area contributed by atoms with E-state index in [0.717, 1.165) is 49.7 Å². The summed E-state index contributed by atoms with van der Waals surface area (Å²) >= 11 is 0. The fraction of sp³-hybridized carbons (Fsp3) is 0.926. The molecule has 0 bridgehead atoms. The Hall–Kier alpha value is -0.420.